The molecule has 0 aromatic rings. The summed E-state index contributed by atoms with van der Waals surface area (Å²) in [7, 11) is 1.31. The van der Waals surface area contributed by atoms with Crippen molar-refractivity contribution in [3.63, 3.8) is 0 Å². The second-order valence-corrected chi connectivity index (χ2v) is 4.41. The van der Waals surface area contributed by atoms with E-state index in [1.54, 1.807) is 0 Å². The second kappa shape index (κ2) is 6.23. The second-order valence-electron chi connectivity index (χ2n) is 4.41. The molecule has 0 heterocycles. The highest BCUT2D eigenvalue weighted by Crippen LogP contribution is 2.20. The van der Waals surface area contributed by atoms with Gasteiger partial charge in [-0.3, -0.25) is 4.79 Å². The lowest BCUT2D eigenvalue weighted by Crippen LogP contribution is -2.49. The molecule has 0 aromatic carbocycles. The summed E-state index contributed by atoms with van der Waals surface area (Å²) in [4.78, 5) is 12.7. The van der Waals surface area contributed by atoms with Crippen molar-refractivity contribution in [1.29, 1.82) is 0 Å². The van der Waals surface area contributed by atoms with Gasteiger partial charge in [-0.05, 0) is 20.3 Å². The Morgan fingerprint density at radius 3 is 2.18 bits per heavy atom. The molecule has 0 aliphatic heterocycles. The van der Waals surface area contributed by atoms with Crippen molar-refractivity contribution in [2.24, 2.45) is 0 Å². The van der Waals surface area contributed by atoms with Crippen LogP contribution in [0.5, 0.6) is 0 Å². The number of nitrogens with zero attached hydrogens (tertiary/aromatic N) is 1. The maximum Gasteiger partial charge on any atom is 0.406 e. The molecule has 0 N–H and O–H groups in total. The van der Waals surface area contributed by atoms with Gasteiger partial charge in [-0.2, -0.15) is 13.2 Å². The Morgan fingerprint density at radius 1 is 1.29 bits per heavy atom. The van der Waals surface area contributed by atoms with Crippen molar-refractivity contribution in [2.75, 3.05) is 20.2 Å². The lowest BCUT2D eigenvalue weighted by Gasteiger charge is -2.31. The normalized spacial score (nSPS) is 12.6. The standard InChI is InChI=1S/C11H20F3NO2/c1-5-6-7-15(8-11(12,13)14)9(16)10(2,3)17-4/h5-8H2,1-4H3. The van der Waals surface area contributed by atoms with Gasteiger partial charge < -0.3 is 9.64 Å². The Balaban J connectivity index is 4.73. The van der Waals surface area contributed by atoms with E-state index < -0.39 is 24.2 Å². The fourth-order valence-corrected chi connectivity index (χ4v) is 1.29. The fraction of sp³-hybridized carbons (Fsp3) is 0.909. The SMILES string of the molecule is CCCCN(CC(F)(F)F)C(=O)C(C)(C)OC. The average molecular weight is 255 g/mol. The van der Waals surface area contributed by atoms with E-state index in [9.17, 15) is 18.0 Å². The average Bonchev–Trinajstić information content (AvgIpc) is 2.21. The highest BCUT2D eigenvalue weighted by molar-refractivity contribution is 5.84. The molecule has 0 atom stereocenters. The number of hydrogen-bond acceptors (Lipinski definition) is 2. The highest BCUT2D eigenvalue weighted by atomic mass is 19.4. The molecule has 0 fully saturated rings. The summed E-state index contributed by atoms with van der Waals surface area (Å²) < 4.78 is 42.0. The van der Waals surface area contributed by atoms with Gasteiger partial charge in [0.05, 0.1) is 0 Å². The first-order valence-electron chi connectivity index (χ1n) is 5.55. The minimum absolute atomic E-state index is 0.0988. The smallest absolute Gasteiger partial charge is 0.369 e. The highest BCUT2D eigenvalue weighted by Gasteiger charge is 2.38. The summed E-state index contributed by atoms with van der Waals surface area (Å²) >= 11 is 0. The number of alkyl halides is 3. The Kier molecular flexibility index (Phi) is 5.95. The summed E-state index contributed by atoms with van der Waals surface area (Å²) in [6.45, 7) is 3.66. The number of methoxy groups -OCH3 is 1. The number of carbonyl (C=O) groups excluding carboxylic acids is 1. The van der Waals surface area contributed by atoms with E-state index >= 15 is 0 Å². The third-order valence-corrected chi connectivity index (χ3v) is 2.46. The first-order chi connectivity index (χ1) is 7.64. The van der Waals surface area contributed by atoms with Crippen LogP contribution in [0.1, 0.15) is 33.6 Å². The number of carbonyl (C=O) groups is 1. The van der Waals surface area contributed by atoms with Crippen LogP contribution in [0.3, 0.4) is 0 Å². The zero-order valence-electron chi connectivity index (χ0n) is 10.7. The van der Waals surface area contributed by atoms with E-state index in [1.807, 2.05) is 6.92 Å². The van der Waals surface area contributed by atoms with Gasteiger partial charge in [0.15, 0.2) is 0 Å². The van der Waals surface area contributed by atoms with Crippen molar-refractivity contribution < 1.29 is 22.7 Å². The molecule has 0 spiro atoms. The van der Waals surface area contributed by atoms with Crippen molar-refractivity contribution in [1.82, 2.24) is 4.90 Å². The Hall–Kier alpha value is -0.780. The van der Waals surface area contributed by atoms with Gasteiger partial charge in [0.25, 0.3) is 5.91 Å². The lowest BCUT2D eigenvalue weighted by molar-refractivity contribution is -0.173. The maximum atomic E-state index is 12.4. The van der Waals surface area contributed by atoms with Crippen LogP contribution in [-0.2, 0) is 9.53 Å². The van der Waals surface area contributed by atoms with E-state index in [0.717, 1.165) is 11.3 Å². The summed E-state index contributed by atoms with van der Waals surface area (Å²) in [6.07, 6.45) is -3.11. The number of unbranched alkanes of at least 4 members (excludes halogenated alkanes) is 1. The topological polar surface area (TPSA) is 29.5 Å². The Morgan fingerprint density at radius 2 is 1.82 bits per heavy atom. The Bertz CT molecular complexity index is 252. The number of amides is 1. The molecular formula is C11H20F3NO2. The number of halogens is 3. The zero-order valence-corrected chi connectivity index (χ0v) is 10.7. The summed E-state index contributed by atoms with van der Waals surface area (Å²) in [5.41, 5.74) is -1.22. The monoisotopic (exact) mass is 255 g/mol. The molecule has 0 unspecified atom stereocenters. The van der Waals surface area contributed by atoms with Crippen LogP contribution in [0.15, 0.2) is 0 Å². The van der Waals surface area contributed by atoms with Crippen LogP contribution in [0.25, 0.3) is 0 Å². The van der Waals surface area contributed by atoms with Crippen molar-refractivity contribution in [2.45, 2.75) is 45.4 Å². The van der Waals surface area contributed by atoms with Crippen LogP contribution < -0.4 is 0 Å². The van der Waals surface area contributed by atoms with Gasteiger partial charge in [-0.1, -0.05) is 13.3 Å². The van der Waals surface area contributed by atoms with Gasteiger partial charge in [0.2, 0.25) is 0 Å². The van der Waals surface area contributed by atoms with Gasteiger partial charge in [-0.25, -0.2) is 0 Å². The molecule has 0 saturated carbocycles. The molecule has 102 valence electrons. The first kappa shape index (κ1) is 16.2. The van der Waals surface area contributed by atoms with Crippen LogP contribution in [0, 0.1) is 0 Å². The van der Waals surface area contributed by atoms with Crippen LogP contribution >= 0.6 is 0 Å². The van der Waals surface area contributed by atoms with Crippen molar-refractivity contribution in [3.8, 4) is 0 Å². The number of ether oxygens (including phenoxy) is 1. The molecule has 0 aliphatic carbocycles. The van der Waals surface area contributed by atoms with E-state index in [4.69, 9.17) is 4.74 Å². The molecule has 0 saturated heterocycles. The summed E-state index contributed by atoms with van der Waals surface area (Å²) in [6, 6.07) is 0. The van der Waals surface area contributed by atoms with Crippen LogP contribution in [0.4, 0.5) is 13.2 Å². The van der Waals surface area contributed by atoms with E-state index in [1.165, 1.54) is 21.0 Å². The minimum atomic E-state index is -4.38. The van der Waals surface area contributed by atoms with Gasteiger partial charge >= 0.3 is 6.18 Å². The molecule has 0 aliphatic rings. The Labute approximate surface area is 99.9 Å². The predicted octanol–water partition coefficient (Wildman–Crippen LogP) is 2.60. The van der Waals surface area contributed by atoms with Crippen LogP contribution in [0.2, 0.25) is 0 Å². The summed E-state index contributed by atoms with van der Waals surface area (Å²) in [5.74, 6) is -0.634. The molecule has 3 nitrogen and oxygen atoms in total. The maximum absolute atomic E-state index is 12.4. The van der Waals surface area contributed by atoms with Gasteiger partial charge in [0.1, 0.15) is 12.1 Å². The molecule has 0 bridgehead atoms. The molecule has 0 aromatic heterocycles. The molecule has 1 amide bonds. The first-order valence-corrected chi connectivity index (χ1v) is 5.55. The zero-order chi connectivity index (χ0) is 13.7. The van der Waals surface area contributed by atoms with Crippen LogP contribution in [-0.4, -0.2) is 42.8 Å². The van der Waals surface area contributed by atoms with E-state index in [0.29, 0.717) is 6.42 Å². The molecular weight excluding hydrogens is 235 g/mol. The predicted molar refractivity (Wildman–Crippen MR) is 58.6 cm³/mol. The third-order valence-electron chi connectivity index (χ3n) is 2.46. The van der Waals surface area contributed by atoms with E-state index in [-0.39, 0.29) is 6.54 Å². The van der Waals surface area contributed by atoms with Crippen molar-refractivity contribution >= 4 is 5.91 Å². The third kappa shape index (κ3) is 5.91. The number of rotatable bonds is 6. The van der Waals surface area contributed by atoms with Crippen molar-refractivity contribution in [3.05, 3.63) is 0 Å². The summed E-state index contributed by atoms with van der Waals surface area (Å²) in [5, 5.41) is 0. The number of hydrogen-bond donors (Lipinski definition) is 0. The quantitative estimate of drug-likeness (QED) is 0.730. The fourth-order valence-electron chi connectivity index (χ4n) is 1.29. The molecule has 6 heteroatoms. The molecule has 0 rings (SSSR count). The minimum Gasteiger partial charge on any atom is -0.369 e. The lowest BCUT2D eigenvalue weighted by atomic mass is 10.1. The van der Waals surface area contributed by atoms with E-state index in [2.05, 4.69) is 0 Å². The molecule has 17 heavy (non-hydrogen) atoms. The largest absolute Gasteiger partial charge is 0.406 e. The van der Waals surface area contributed by atoms with Gasteiger partial charge in [-0.15, -0.1) is 0 Å². The molecule has 0 radical (unpaired) electrons. The van der Waals surface area contributed by atoms with Gasteiger partial charge in [0, 0.05) is 13.7 Å².